The molecule has 0 fully saturated rings. The molecule has 1 unspecified atom stereocenters. The third kappa shape index (κ3) is 3.56. The van der Waals surface area contributed by atoms with E-state index in [2.05, 4.69) is 18.3 Å². The van der Waals surface area contributed by atoms with Gasteiger partial charge in [0.05, 0.1) is 0 Å². The van der Waals surface area contributed by atoms with E-state index in [0.29, 0.717) is 6.04 Å². The van der Waals surface area contributed by atoms with Crippen molar-refractivity contribution in [1.82, 2.24) is 10.2 Å². The van der Waals surface area contributed by atoms with Crippen LogP contribution < -0.4 is 10.1 Å². The second-order valence-corrected chi connectivity index (χ2v) is 5.86. The number of ether oxygens (including phenoxy) is 1. The summed E-state index contributed by atoms with van der Waals surface area (Å²) in [6, 6.07) is 6.75. The first kappa shape index (κ1) is 15.8. The number of fused-ring (bicyclic) bond motifs is 1. The topological polar surface area (TPSA) is 41.6 Å². The SMILES string of the molecule is CCNC1CCc2c(OCC(=O)N(C)C(C)C)cccc21. The van der Waals surface area contributed by atoms with Crippen LogP contribution in [-0.2, 0) is 11.2 Å². The highest BCUT2D eigenvalue weighted by atomic mass is 16.5. The number of hydrogen-bond donors (Lipinski definition) is 1. The molecule has 1 aliphatic rings. The van der Waals surface area contributed by atoms with Gasteiger partial charge < -0.3 is 15.0 Å². The lowest BCUT2D eigenvalue weighted by atomic mass is 10.1. The zero-order chi connectivity index (χ0) is 15.4. The Bertz CT molecular complexity index is 500. The fourth-order valence-corrected chi connectivity index (χ4v) is 2.74. The van der Waals surface area contributed by atoms with Crippen molar-refractivity contribution in [3.05, 3.63) is 29.3 Å². The van der Waals surface area contributed by atoms with Gasteiger partial charge in [-0.2, -0.15) is 0 Å². The van der Waals surface area contributed by atoms with Crippen molar-refractivity contribution in [2.45, 2.75) is 45.7 Å². The van der Waals surface area contributed by atoms with Crippen LogP contribution in [0.15, 0.2) is 18.2 Å². The van der Waals surface area contributed by atoms with E-state index in [1.165, 1.54) is 11.1 Å². The Labute approximate surface area is 127 Å². The van der Waals surface area contributed by atoms with E-state index in [0.717, 1.165) is 25.1 Å². The number of nitrogens with one attached hydrogen (secondary N) is 1. The van der Waals surface area contributed by atoms with Crippen LogP contribution in [0, 0.1) is 0 Å². The van der Waals surface area contributed by atoms with Crippen molar-refractivity contribution in [2.75, 3.05) is 20.2 Å². The van der Waals surface area contributed by atoms with Crippen LogP contribution in [0.4, 0.5) is 0 Å². The molecular formula is C17H26N2O2. The van der Waals surface area contributed by atoms with E-state index < -0.39 is 0 Å². The van der Waals surface area contributed by atoms with Gasteiger partial charge in [0.2, 0.25) is 0 Å². The summed E-state index contributed by atoms with van der Waals surface area (Å²) in [5, 5.41) is 3.50. The average molecular weight is 290 g/mol. The maximum atomic E-state index is 12.0. The maximum Gasteiger partial charge on any atom is 0.260 e. The molecule has 0 aromatic heterocycles. The molecule has 0 radical (unpaired) electrons. The van der Waals surface area contributed by atoms with Crippen LogP contribution in [0.3, 0.4) is 0 Å². The lowest BCUT2D eigenvalue weighted by Gasteiger charge is -2.22. The summed E-state index contributed by atoms with van der Waals surface area (Å²) in [7, 11) is 1.81. The number of carbonyl (C=O) groups excluding carboxylic acids is 1. The predicted molar refractivity (Wildman–Crippen MR) is 84.6 cm³/mol. The first-order chi connectivity index (χ1) is 10.0. The molecule has 0 aliphatic heterocycles. The van der Waals surface area contributed by atoms with Crippen molar-refractivity contribution in [3.8, 4) is 5.75 Å². The highest BCUT2D eigenvalue weighted by molar-refractivity contribution is 5.77. The van der Waals surface area contributed by atoms with Crippen molar-refractivity contribution in [3.63, 3.8) is 0 Å². The van der Waals surface area contributed by atoms with Crippen molar-refractivity contribution in [2.24, 2.45) is 0 Å². The molecule has 1 N–H and O–H groups in total. The van der Waals surface area contributed by atoms with Crippen LogP contribution in [0.5, 0.6) is 5.75 Å². The van der Waals surface area contributed by atoms with E-state index >= 15 is 0 Å². The average Bonchev–Trinajstić information content (AvgIpc) is 2.88. The number of amides is 1. The smallest absolute Gasteiger partial charge is 0.260 e. The minimum atomic E-state index is 0.0174. The molecule has 1 atom stereocenters. The number of benzene rings is 1. The summed E-state index contributed by atoms with van der Waals surface area (Å²) in [5.41, 5.74) is 2.57. The van der Waals surface area contributed by atoms with Gasteiger partial charge >= 0.3 is 0 Å². The molecule has 1 amide bonds. The molecule has 1 aromatic carbocycles. The van der Waals surface area contributed by atoms with Gasteiger partial charge in [0.1, 0.15) is 5.75 Å². The number of nitrogens with zero attached hydrogens (tertiary/aromatic N) is 1. The normalized spacial score (nSPS) is 16.9. The van der Waals surface area contributed by atoms with Gasteiger partial charge in [-0.05, 0) is 50.4 Å². The fraction of sp³-hybridized carbons (Fsp3) is 0.588. The third-order valence-corrected chi connectivity index (χ3v) is 4.20. The molecular weight excluding hydrogens is 264 g/mol. The zero-order valence-electron chi connectivity index (χ0n) is 13.5. The molecule has 0 saturated carbocycles. The Balaban J connectivity index is 2.04. The second kappa shape index (κ2) is 6.94. The molecule has 0 spiro atoms. The fourth-order valence-electron chi connectivity index (χ4n) is 2.74. The highest BCUT2D eigenvalue weighted by Gasteiger charge is 2.24. The van der Waals surface area contributed by atoms with E-state index in [4.69, 9.17) is 4.74 Å². The molecule has 0 bridgehead atoms. The molecule has 0 heterocycles. The minimum absolute atomic E-state index is 0.0174. The van der Waals surface area contributed by atoms with Crippen molar-refractivity contribution >= 4 is 5.91 Å². The number of rotatable bonds is 6. The number of likely N-dealkylation sites (N-methyl/N-ethyl adjacent to an activating group) is 1. The summed E-state index contributed by atoms with van der Waals surface area (Å²) >= 11 is 0. The minimum Gasteiger partial charge on any atom is -0.483 e. The summed E-state index contributed by atoms with van der Waals surface area (Å²) in [4.78, 5) is 13.7. The summed E-state index contributed by atoms with van der Waals surface area (Å²) < 4.78 is 5.79. The van der Waals surface area contributed by atoms with Gasteiger partial charge in [-0.1, -0.05) is 19.1 Å². The standard InChI is InChI=1S/C17H26N2O2/c1-5-18-15-10-9-14-13(15)7-6-8-16(14)21-11-17(20)19(4)12(2)3/h6-8,12,15,18H,5,9-11H2,1-4H3. The summed E-state index contributed by atoms with van der Waals surface area (Å²) in [6.45, 7) is 7.20. The second-order valence-electron chi connectivity index (χ2n) is 5.86. The van der Waals surface area contributed by atoms with E-state index in [9.17, 15) is 4.79 Å². The lowest BCUT2D eigenvalue weighted by Crippen LogP contribution is -2.36. The number of hydrogen-bond acceptors (Lipinski definition) is 3. The molecule has 2 rings (SSSR count). The molecule has 4 nitrogen and oxygen atoms in total. The van der Waals surface area contributed by atoms with Crippen LogP contribution in [0.1, 0.15) is 44.4 Å². The first-order valence-electron chi connectivity index (χ1n) is 7.78. The molecule has 116 valence electrons. The zero-order valence-corrected chi connectivity index (χ0v) is 13.5. The highest BCUT2D eigenvalue weighted by Crippen LogP contribution is 2.36. The first-order valence-corrected chi connectivity index (χ1v) is 7.78. The third-order valence-electron chi connectivity index (χ3n) is 4.20. The Morgan fingerprint density at radius 1 is 1.48 bits per heavy atom. The Hall–Kier alpha value is -1.55. The van der Waals surface area contributed by atoms with Crippen LogP contribution in [0.2, 0.25) is 0 Å². The van der Waals surface area contributed by atoms with Crippen LogP contribution >= 0.6 is 0 Å². The van der Waals surface area contributed by atoms with E-state index in [-0.39, 0.29) is 18.6 Å². The van der Waals surface area contributed by atoms with Crippen LogP contribution in [0.25, 0.3) is 0 Å². The van der Waals surface area contributed by atoms with E-state index in [1.807, 2.05) is 33.0 Å². The largest absolute Gasteiger partial charge is 0.483 e. The van der Waals surface area contributed by atoms with Gasteiger partial charge in [0.25, 0.3) is 5.91 Å². The van der Waals surface area contributed by atoms with Crippen molar-refractivity contribution < 1.29 is 9.53 Å². The Morgan fingerprint density at radius 3 is 2.90 bits per heavy atom. The predicted octanol–water partition coefficient (Wildman–Crippen LogP) is 2.53. The monoisotopic (exact) mass is 290 g/mol. The van der Waals surface area contributed by atoms with Gasteiger partial charge in [-0.3, -0.25) is 4.79 Å². The molecule has 1 aliphatic carbocycles. The molecule has 0 saturated heterocycles. The maximum absolute atomic E-state index is 12.0. The van der Waals surface area contributed by atoms with Gasteiger partial charge in [0.15, 0.2) is 6.61 Å². The summed E-state index contributed by atoms with van der Waals surface area (Å²) in [5.74, 6) is 0.877. The van der Waals surface area contributed by atoms with Gasteiger partial charge in [0, 0.05) is 19.1 Å². The van der Waals surface area contributed by atoms with Crippen LogP contribution in [-0.4, -0.2) is 37.0 Å². The Kier molecular flexibility index (Phi) is 5.23. The molecule has 4 heteroatoms. The van der Waals surface area contributed by atoms with E-state index in [1.54, 1.807) is 4.90 Å². The van der Waals surface area contributed by atoms with Gasteiger partial charge in [-0.15, -0.1) is 0 Å². The van der Waals surface area contributed by atoms with Gasteiger partial charge in [-0.25, -0.2) is 0 Å². The lowest BCUT2D eigenvalue weighted by molar-refractivity contribution is -0.133. The molecule has 21 heavy (non-hydrogen) atoms. The Morgan fingerprint density at radius 2 is 2.24 bits per heavy atom. The molecule has 1 aromatic rings. The number of carbonyl (C=O) groups is 1. The summed E-state index contributed by atoms with van der Waals surface area (Å²) in [6.07, 6.45) is 2.11. The quantitative estimate of drug-likeness (QED) is 0.875. The van der Waals surface area contributed by atoms with Crippen molar-refractivity contribution in [1.29, 1.82) is 0 Å².